The van der Waals surface area contributed by atoms with Crippen molar-refractivity contribution in [3.8, 4) is 22.9 Å². The summed E-state index contributed by atoms with van der Waals surface area (Å²) in [5.41, 5.74) is 1.55. The van der Waals surface area contributed by atoms with Crippen molar-refractivity contribution < 1.29 is 9.84 Å². The summed E-state index contributed by atoms with van der Waals surface area (Å²) in [4.78, 5) is 3.98. The van der Waals surface area contributed by atoms with E-state index < -0.39 is 0 Å². The lowest BCUT2D eigenvalue weighted by molar-refractivity contribution is 0.372. The molecule has 0 saturated heterocycles. The van der Waals surface area contributed by atoms with Crippen molar-refractivity contribution in [2.24, 2.45) is 5.10 Å². The van der Waals surface area contributed by atoms with Crippen LogP contribution in [0.1, 0.15) is 5.56 Å². The Morgan fingerprint density at radius 2 is 2.12 bits per heavy atom. The Hall–Kier alpha value is -2.52. The molecule has 3 rings (SSSR count). The van der Waals surface area contributed by atoms with Crippen LogP contribution in [0.5, 0.6) is 11.5 Å². The Morgan fingerprint density at radius 3 is 2.83 bits per heavy atom. The summed E-state index contributed by atoms with van der Waals surface area (Å²) in [6, 6.07) is 7.02. The van der Waals surface area contributed by atoms with E-state index in [1.165, 1.54) is 11.8 Å². The number of hydrogen-bond donors (Lipinski definition) is 2. The summed E-state index contributed by atoms with van der Waals surface area (Å²) >= 11 is 8.50. The quantitative estimate of drug-likeness (QED) is 0.513. The number of aromatic amines is 1. The first-order chi connectivity index (χ1) is 11.6. The van der Waals surface area contributed by atoms with Gasteiger partial charge in [0.15, 0.2) is 17.3 Å². The van der Waals surface area contributed by atoms with Crippen LogP contribution in [0.15, 0.2) is 46.2 Å². The van der Waals surface area contributed by atoms with E-state index >= 15 is 0 Å². The van der Waals surface area contributed by atoms with Gasteiger partial charge in [-0.2, -0.15) is 14.9 Å². The van der Waals surface area contributed by atoms with Gasteiger partial charge in [-0.05, 0) is 58.0 Å². The number of aromatic nitrogens is 4. The van der Waals surface area contributed by atoms with E-state index in [1.807, 2.05) is 12.1 Å². The fraction of sp³-hybridized carbons (Fsp3) is 0.0667. The molecule has 122 valence electrons. The minimum absolute atomic E-state index is 0.0343. The largest absolute Gasteiger partial charge is 0.503 e. The number of H-pyrrole nitrogens is 1. The first-order valence-corrected chi connectivity index (χ1v) is 7.99. The number of benzene rings is 1. The van der Waals surface area contributed by atoms with Crippen LogP contribution in [0.25, 0.3) is 11.4 Å². The predicted octanol–water partition coefficient (Wildman–Crippen LogP) is 3.36. The minimum atomic E-state index is 0.0343. The number of nitrogens with one attached hydrogen (secondary N) is 1. The van der Waals surface area contributed by atoms with Gasteiger partial charge in [0.25, 0.3) is 0 Å². The van der Waals surface area contributed by atoms with Crippen LogP contribution in [-0.4, -0.2) is 38.3 Å². The third-order valence-corrected chi connectivity index (χ3v) is 4.05. The molecule has 0 spiro atoms. The van der Waals surface area contributed by atoms with E-state index in [9.17, 15) is 5.11 Å². The minimum Gasteiger partial charge on any atom is -0.503 e. The average Bonchev–Trinajstić information content (AvgIpc) is 2.97. The number of methoxy groups -OCH3 is 1. The monoisotopic (exact) mass is 405 g/mol. The maximum Gasteiger partial charge on any atom is 0.216 e. The molecule has 0 radical (unpaired) electrons. The fourth-order valence-corrected chi connectivity index (χ4v) is 2.67. The van der Waals surface area contributed by atoms with Crippen LogP contribution in [0, 0.1) is 4.77 Å². The molecule has 1 aromatic carbocycles. The molecule has 0 aliphatic rings. The lowest BCUT2D eigenvalue weighted by Gasteiger charge is -2.06. The summed E-state index contributed by atoms with van der Waals surface area (Å²) in [6.45, 7) is 0. The normalized spacial score (nSPS) is 11.1. The number of phenols is 1. The number of nitrogens with zero attached hydrogens (tertiary/aromatic N) is 4. The van der Waals surface area contributed by atoms with Gasteiger partial charge in [0, 0.05) is 18.0 Å². The zero-order chi connectivity index (χ0) is 17.1. The van der Waals surface area contributed by atoms with Crippen LogP contribution >= 0.6 is 28.1 Å². The molecule has 0 unspecified atom stereocenters. The number of pyridine rings is 1. The van der Waals surface area contributed by atoms with Crippen molar-refractivity contribution in [1.29, 1.82) is 0 Å². The summed E-state index contributed by atoms with van der Waals surface area (Å²) in [6.07, 6.45) is 4.94. The number of phenolic OH excluding ortho intramolecular Hbond substituents is 1. The third-order valence-electron chi connectivity index (χ3n) is 3.18. The van der Waals surface area contributed by atoms with E-state index in [4.69, 9.17) is 17.0 Å². The molecule has 3 aromatic rings. The maximum absolute atomic E-state index is 9.85. The molecule has 0 aliphatic heterocycles. The lowest BCUT2D eigenvalue weighted by Crippen LogP contribution is -1.96. The lowest BCUT2D eigenvalue weighted by atomic mass is 10.2. The van der Waals surface area contributed by atoms with Crippen LogP contribution in [-0.2, 0) is 0 Å². The number of aromatic hydroxyl groups is 1. The molecule has 7 nitrogen and oxygen atoms in total. The van der Waals surface area contributed by atoms with E-state index in [2.05, 4.69) is 36.2 Å². The Morgan fingerprint density at radius 1 is 1.38 bits per heavy atom. The Labute approximate surface area is 150 Å². The number of hydrogen-bond acceptors (Lipinski definition) is 6. The number of ether oxygens (including phenoxy) is 1. The van der Waals surface area contributed by atoms with Gasteiger partial charge in [-0.1, -0.05) is 0 Å². The van der Waals surface area contributed by atoms with E-state index in [1.54, 1.807) is 30.7 Å². The van der Waals surface area contributed by atoms with Crippen LogP contribution in [0.3, 0.4) is 0 Å². The van der Waals surface area contributed by atoms with Gasteiger partial charge in [0.2, 0.25) is 4.77 Å². The first-order valence-electron chi connectivity index (χ1n) is 6.79. The highest BCUT2D eigenvalue weighted by Crippen LogP contribution is 2.34. The molecule has 2 N–H and O–H groups in total. The fourth-order valence-electron chi connectivity index (χ4n) is 2.03. The molecule has 0 saturated carbocycles. The molecule has 9 heteroatoms. The van der Waals surface area contributed by atoms with Gasteiger partial charge < -0.3 is 9.84 Å². The molecule has 0 amide bonds. The van der Waals surface area contributed by atoms with Crippen molar-refractivity contribution in [2.45, 2.75) is 0 Å². The van der Waals surface area contributed by atoms with Gasteiger partial charge in [0.1, 0.15) is 0 Å². The van der Waals surface area contributed by atoms with E-state index in [0.29, 0.717) is 20.8 Å². The van der Waals surface area contributed by atoms with Gasteiger partial charge in [0.05, 0.1) is 17.8 Å². The molecule has 2 heterocycles. The topological polar surface area (TPSA) is 88.3 Å². The third kappa shape index (κ3) is 3.22. The van der Waals surface area contributed by atoms with Crippen molar-refractivity contribution in [2.75, 3.05) is 7.11 Å². The number of rotatable bonds is 4. The highest BCUT2D eigenvalue weighted by molar-refractivity contribution is 9.10. The average molecular weight is 406 g/mol. The van der Waals surface area contributed by atoms with Crippen LogP contribution < -0.4 is 4.74 Å². The van der Waals surface area contributed by atoms with Gasteiger partial charge in [-0.25, -0.2) is 5.10 Å². The van der Waals surface area contributed by atoms with E-state index in [0.717, 1.165) is 11.1 Å². The summed E-state index contributed by atoms with van der Waals surface area (Å²) in [5, 5.41) is 21.1. The molecule has 0 atom stereocenters. The van der Waals surface area contributed by atoms with Crippen LogP contribution in [0.2, 0.25) is 0 Å². The molecule has 0 aliphatic carbocycles. The van der Waals surface area contributed by atoms with E-state index in [-0.39, 0.29) is 5.75 Å². The van der Waals surface area contributed by atoms with Crippen molar-refractivity contribution in [3.05, 3.63) is 51.5 Å². The second kappa shape index (κ2) is 6.93. The van der Waals surface area contributed by atoms with Crippen molar-refractivity contribution in [1.82, 2.24) is 19.9 Å². The standard InChI is InChI=1S/C15H12BrN5O2S/c1-23-12-7-9(6-11(16)13(12)22)8-18-21-14(19-20-15(21)24)10-2-4-17-5-3-10/h2-8,22H,1H3,(H,20,24)/b18-8+. The molecule has 2 aromatic heterocycles. The smallest absolute Gasteiger partial charge is 0.216 e. The summed E-state index contributed by atoms with van der Waals surface area (Å²) < 4.78 is 7.51. The second-order valence-electron chi connectivity index (χ2n) is 4.70. The van der Waals surface area contributed by atoms with Gasteiger partial charge in [-0.3, -0.25) is 4.98 Å². The predicted molar refractivity (Wildman–Crippen MR) is 96.0 cm³/mol. The van der Waals surface area contributed by atoms with Crippen molar-refractivity contribution in [3.63, 3.8) is 0 Å². The SMILES string of the molecule is COc1cc(/C=N/n2c(-c3ccncc3)n[nH]c2=S)cc(Br)c1O. The summed E-state index contributed by atoms with van der Waals surface area (Å²) in [7, 11) is 1.48. The Bertz CT molecular complexity index is 952. The maximum atomic E-state index is 9.85. The highest BCUT2D eigenvalue weighted by atomic mass is 79.9. The van der Waals surface area contributed by atoms with Gasteiger partial charge in [-0.15, -0.1) is 0 Å². The second-order valence-corrected chi connectivity index (χ2v) is 5.94. The van der Waals surface area contributed by atoms with Gasteiger partial charge >= 0.3 is 0 Å². The Kier molecular flexibility index (Phi) is 4.72. The summed E-state index contributed by atoms with van der Waals surface area (Å²) in [5.74, 6) is 0.950. The zero-order valence-electron chi connectivity index (χ0n) is 12.5. The molecule has 0 bridgehead atoms. The molecular weight excluding hydrogens is 394 g/mol. The zero-order valence-corrected chi connectivity index (χ0v) is 14.9. The Balaban J connectivity index is 2.01. The van der Waals surface area contributed by atoms with Crippen LogP contribution in [0.4, 0.5) is 0 Å². The molecule has 24 heavy (non-hydrogen) atoms. The first kappa shape index (κ1) is 16.3. The molecular formula is C15H12BrN5O2S. The number of halogens is 1. The molecule has 0 fully saturated rings. The van der Waals surface area contributed by atoms with Crippen molar-refractivity contribution >= 4 is 34.4 Å². The highest BCUT2D eigenvalue weighted by Gasteiger charge is 2.09.